The van der Waals surface area contributed by atoms with Crippen LogP contribution in [0.1, 0.15) is 26.8 Å². The Kier molecular flexibility index (Phi) is 6.49. The Labute approximate surface area is 178 Å². The van der Waals surface area contributed by atoms with Gasteiger partial charge in [0.2, 0.25) is 5.91 Å². The first-order valence-electron chi connectivity index (χ1n) is 9.14. The van der Waals surface area contributed by atoms with Crippen LogP contribution in [0, 0.1) is 0 Å². The molecule has 1 N–H and O–H groups in total. The topological polar surface area (TPSA) is 73.2 Å². The van der Waals surface area contributed by atoms with Crippen LogP contribution in [0.25, 0.3) is 10.9 Å². The van der Waals surface area contributed by atoms with Gasteiger partial charge in [-0.1, -0.05) is 35.5 Å². The van der Waals surface area contributed by atoms with E-state index in [1.807, 2.05) is 26.0 Å². The molecule has 0 saturated carbocycles. The van der Waals surface area contributed by atoms with Gasteiger partial charge in [0, 0.05) is 11.1 Å². The summed E-state index contributed by atoms with van der Waals surface area (Å²) < 4.78 is 6.90. The molecule has 3 aromatic rings. The molecule has 0 aliphatic carbocycles. The minimum Gasteiger partial charge on any atom is -0.495 e. The van der Waals surface area contributed by atoms with E-state index in [2.05, 4.69) is 10.3 Å². The number of anilines is 1. The summed E-state index contributed by atoms with van der Waals surface area (Å²) in [7, 11) is 1.53. The number of ether oxygens (including phenoxy) is 1. The lowest BCUT2D eigenvalue weighted by Crippen LogP contribution is -2.28. The van der Waals surface area contributed by atoms with Gasteiger partial charge >= 0.3 is 0 Å². The summed E-state index contributed by atoms with van der Waals surface area (Å²) in [4.78, 5) is 30.3. The van der Waals surface area contributed by atoms with Gasteiger partial charge in [0.1, 0.15) is 5.75 Å². The molecule has 0 saturated heterocycles. The highest BCUT2D eigenvalue weighted by Crippen LogP contribution is 2.30. The number of hydrogen-bond donors (Lipinski definition) is 1. The molecule has 3 rings (SSSR count). The number of halogens is 1. The lowest BCUT2D eigenvalue weighted by atomic mass is 10.2. The summed E-state index contributed by atoms with van der Waals surface area (Å²) >= 11 is 7.27. The van der Waals surface area contributed by atoms with Crippen LogP contribution in [0.4, 0.5) is 5.69 Å². The first-order chi connectivity index (χ1) is 13.8. The molecule has 1 unspecified atom stereocenters. The van der Waals surface area contributed by atoms with Gasteiger partial charge in [0.05, 0.1) is 29.0 Å². The van der Waals surface area contributed by atoms with Crippen molar-refractivity contribution < 1.29 is 9.53 Å². The van der Waals surface area contributed by atoms with Crippen molar-refractivity contribution in [1.29, 1.82) is 0 Å². The fourth-order valence-corrected chi connectivity index (χ4v) is 4.10. The van der Waals surface area contributed by atoms with Crippen LogP contribution in [-0.2, 0) is 4.79 Å². The molecule has 6 nitrogen and oxygen atoms in total. The molecule has 1 heterocycles. The van der Waals surface area contributed by atoms with Crippen LogP contribution in [0.2, 0.25) is 5.02 Å². The minimum absolute atomic E-state index is 0.0922. The summed E-state index contributed by atoms with van der Waals surface area (Å²) in [5.41, 5.74) is 0.989. The largest absolute Gasteiger partial charge is 0.495 e. The van der Waals surface area contributed by atoms with Crippen molar-refractivity contribution in [2.24, 2.45) is 0 Å². The van der Waals surface area contributed by atoms with Gasteiger partial charge in [-0.15, -0.1) is 0 Å². The van der Waals surface area contributed by atoms with Crippen molar-refractivity contribution in [2.45, 2.75) is 37.2 Å². The number of thioether (sulfide) groups is 1. The van der Waals surface area contributed by atoms with Crippen LogP contribution in [0.15, 0.2) is 52.4 Å². The highest BCUT2D eigenvalue weighted by molar-refractivity contribution is 8.00. The third-order valence-corrected chi connectivity index (χ3v) is 5.66. The van der Waals surface area contributed by atoms with Crippen molar-refractivity contribution in [2.75, 3.05) is 12.4 Å². The van der Waals surface area contributed by atoms with Crippen LogP contribution >= 0.6 is 23.4 Å². The van der Waals surface area contributed by atoms with E-state index in [1.165, 1.54) is 18.9 Å². The number of hydrogen-bond acceptors (Lipinski definition) is 5. The van der Waals surface area contributed by atoms with E-state index in [-0.39, 0.29) is 17.5 Å². The first kappa shape index (κ1) is 21.2. The molecule has 0 aliphatic heterocycles. The molecule has 152 valence electrons. The number of rotatable bonds is 6. The number of aromatic nitrogens is 2. The second-order valence-electron chi connectivity index (χ2n) is 6.77. The number of methoxy groups -OCH3 is 1. The molecule has 1 amide bonds. The monoisotopic (exact) mass is 431 g/mol. The Morgan fingerprint density at radius 3 is 2.62 bits per heavy atom. The molecule has 1 atom stereocenters. The van der Waals surface area contributed by atoms with E-state index in [4.69, 9.17) is 16.3 Å². The Morgan fingerprint density at radius 1 is 1.21 bits per heavy atom. The molecule has 0 spiro atoms. The number of para-hydroxylation sites is 1. The predicted molar refractivity (Wildman–Crippen MR) is 118 cm³/mol. The van der Waals surface area contributed by atoms with Crippen LogP contribution in [0.5, 0.6) is 5.75 Å². The molecule has 29 heavy (non-hydrogen) atoms. The molecule has 0 fully saturated rings. The first-order valence-corrected chi connectivity index (χ1v) is 10.4. The van der Waals surface area contributed by atoms with Crippen LogP contribution < -0.4 is 15.6 Å². The smallest absolute Gasteiger partial charge is 0.262 e. The number of nitrogens with zero attached hydrogens (tertiary/aromatic N) is 2. The van der Waals surface area contributed by atoms with Crippen molar-refractivity contribution >= 4 is 45.9 Å². The van der Waals surface area contributed by atoms with Crippen molar-refractivity contribution in [1.82, 2.24) is 9.55 Å². The molecule has 8 heteroatoms. The maximum absolute atomic E-state index is 12.9. The van der Waals surface area contributed by atoms with Gasteiger partial charge in [-0.2, -0.15) is 0 Å². The second kappa shape index (κ2) is 8.88. The van der Waals surface area contributed by atoms with Gasteiger partial charge < -0.3 is 10.1 Å². The average Bonchev–Trinajstić information content (AvgIpc) is 2.68. The fourth-order valence-electron chi connectivity index (χ4n) is 2.89. The van der Waals surface area contributed by atoms with E-state index in [9.17, 15) is 9.59 Å². The summed E-state index contributed by atoms with van der Waals surface area (Å²) in [6, 6.07) is 12.1. The zero-order valence-corrected chi connectivity index (χ0v) is 18.2. The standard InChI is InChI=1S/C21H22ClN3O3S/c1-12(2)25-20(27)15-7-5-6-8-16(15)24-21(25)29-13(3)19(26)23-17-11-14(22)9-10-18(17)28-4/h5-13H,1-4H3,(H,23,26). The third-order valence-electron chi connectivity index (χ3n) is 4.36. The predicted octanol–water partition coefficient (Wildman–Crippen LogP) is 4.76. The molecule has 0 bridgehead atoms. The highest BCUT2D eigenvalue weighted by Gasteiger charge is 2.21. The summed E-state index contributed by atoms with van der Waals surface area (Å²) in [5.74, 6) is 0.274. The Hall–Kier alpha value is -2.51. The van der Waals surface area contributed by atoms with E-state index in [1.54, 1.807) is 41.8 Å². The van der Waals surface area contributed by atoms with E-state index < -0.39 is 5.25 Å². The highest BCUT2D eigenvalue weighted by atomic mass is 35.5. The van der Waals surface area contributed by atoms with Crippen LogP contribution in [-0.4, -0.2) is 27.8 Å². The molecule has 2 aromatic carbocycles. The maximum atomic E-state index is 12.9. The van der Waals surface area contributed by atoms with Crippen LogP contribution in [0.3, 0.4) is 0 Å². The Morgan fingerprint density at radius 2 is 1.93 bits per heavy atom. The number of nitrogens with one attached hydrogen (secondary N) is 1. The third kappa shape index (κ3) is 4.57. The Bertz CT molecular complexity index is 1110. The quantitative estimate of drug-likeness (QED) is 0.450. The van der Waals surface area contributed by atoms with E-state index in [0.29, 0.717) is 32.5 Å². The normalized spacial score (nSPS) is 12.2. The maximum Gasteiger partial charge on any atom is 0.262 e. The number of benzene rings is 2. The van der Waals surface area contributed by atoms with Gasteiger partial charge in [0.25, 0.3) is 5.56 Å². The molecule has 1 aromatic heterocycles. The van der Waals surface area contributed by atoms with Gasteiger partial charge in [0.15, 0.2) is 5.16 Å². The SMILES string of the molecule is COc1ccc(Cl)cc1NC(=O)C(C)Sc1nc2ccccc2c(=O)n1C(C)C. The lowest BCUT2D eigenvalue weighted by molar-refractivity contribution is -0.115. The van der Waals surface area contributed by atoms with Gasteiger partial charge in [-0.25, -0.2) is 4.98 Å². The second-order valence-corrected chi connectivity index (χ2v) is 8.52. The number of fused-ring (bicyclic) bond motifs is 1. The Balaban J connectivity index is 1.90. The fraction of sp³-hybridized carbons (Fsp3) is 0.286. The van der Waals surface area contributed by atoms with Crippen molar-refractivity contribution in [3.8, 4) is 5.75 Å². The summed E-state index contributed by atoms with van der Waals surface area (Å²) in [6.45, 7) is 5.61. The minimum atomic E-state index is -0.503. The van der Waals surface area contributed by atoms with Gasteiger partial charge in [-0.3, -0.25) is 14.2 Å². The summed E-state index contributed by atoms with van der Waals surface area (Å²) in [5, 5.41) is 3.89. The number of amides is 1. The average molecular weight is 432 g/mol. The number of carbonyl (C=O) groups excluding carboxylic acids is 1. The van der Waals surface area contributed by atoms with E-state index in [0.717, 1.165) is 0 Å². The van der Waals surface area contributed by atoms with Crippen molar-refractivity contribution in [3.05, 3.63) is 57.8 Å². The van der Waals surface area contributed by atoms with Crippen molar-refractivity contribution in [3.63, 3.8) is 0 Å². The molecular weight excluding hydrogens is 410 g/mol. The van der Waals surface area contributed by atoms with Gasteiger partial charge in [-0.05, 0) is 51.1 Å². The zero-order valence-electron chi connectivity index (χ0n) is 16.6. The summed E-state index contributed by atoms with van der Waals surface area (Å²) in [6.07, 6.45) is 0. The molecule has 0 aliphatic rings. The lowest BCUT2D eigenvalue weighted by Gasteiger charge is -2.19. The molecular formula is C21H22ClN3O3S. The molecule has 0 radical (unpaired) electrons. The van der Waals surface area contributed by atoms with E-state index >= 15 is 0 Å². The number of carbonyl (C=O) groups is 1. The zero-order chi connectivity index (χ0) is 21.1.